The maximum Gasteiger partial charge on any atom is 0.261 e. The Kier molecular flexibility index (Phi) is 9.50. The van der Waals surface area contributed by atoms with Gasteiger partial charge in [-0.3, -0.25) is 9.35 Å². The third-order valence-corrected chi connectivity index (χ3v) is 5.12. The summed E-state index contributed by atoms with van der Waals surface area (Å²) in [7, 11) is -7.18. The molecule has 0 saturated carbocycles. The topological polar surface area (TPSA) is 157 Å². The van der Waals surface area contributed by atoms with E-state index in [0.717, 1.165) is 12.8 Å². The van der Waals surface area contributed by atoms with Gasteiger partial charge in [0.25, 0.3) is 10.1 Å². The lowest BCUT2D eigenvalue weighted by Gasteiger charge is -2.19. The second-order valence-corrected chi connectivity index (χ2v) is 9.23. The molecule has 0 aromatic heterocycles. The minimum absolute atomic E-state index is 0.102. The van der Waals surface area contributed by atoms with Gasteiger partial charge in [-0.05, 0) is 25.0 Å². The summed E-state index contributed by atoms with van der Waals surface area (Å²) in [4.78, 5) is 13.8. The lowest BCUT2D eigenvalue weighted by molar-refractivity contribution is -0.130. The fraction of sp³-hybridized carbons (Fsp3) is 0.500. The van der Waals surface area contributed by atoms with Crippen LogP contribution in [-0.4, -0.2) is 70.7 Å². The minimum Gasteiger partial charge on any atom is -0.326 e. The van der Waals surface area contributed by atoms with Crippen LogP contribution in [0.2, 0.25) is 0 Å². The molecule has 1 amide bonds. The maximum absolute atomic E-state index is 12.0. The summed E-state index contributed by atoms with van der Waals surface area (Å²) in [6.45, 7) is 1.24. The highest BCUT2D eigenvalue weighted by Gasteiger charge is 2.27. The first-order valence-electron chi connectivity index (χ1n) is 8.41. The van der Waals surface area contributed by atoms with Crippen LogP contribution in [0, 0.1) is 11.3 Å². The SMILES string of the molecule is CS(=O)(=O)O.N#C[C@@H]1CCCN1C(=O)CNCCNS(=O)(=O)c1ccccc1. The summed E-state index contributed by atoms with van der Waals surface area (Å²) >= 11 is 0. The number of hydrogen-bond donors (Lipinski definition) is 3. The Hall–Kier alpha value is -2.04. The number of hydrogen-bond acceptors (Lipinski definition) is 7. The average Bonchev–Trinajstić information content (AvgIpc) is 3.09. The Morgan fingerprint density at radius 2 is 1.86 bits per heavy atom. The molecular formula is C16H24N4O6S2. The molecule has 28 heavy (non-hydrogen) atoms. The Balaban J connectivity index is 0.000000696. The molecule has 1 atom stereocenters. The number of carbonyl (C=O) groups excluding carboxylic acids is 1. The molecule has 1 aromatic rings. The zero-order chi connectivity index (χ0) is 21.2. The van der Waals surface area contributed by atoms with Crippen molar-refractivity contribution in [3.8, 4) is 6.07 Å². The number of benzene rings is 1. The van der Waals surface area contributed by atoms with Crippen LogP contribution < -0.4 is 10.0 Å². The summed E-state index contributed by atoms with van der Waals surface area (Å²) in [5, 5.41) is 11.9. The Labute approximate surface area is 165 Å². The fourth-order valence-electron chi connectivity index (χ4n) is 2.45. The second kappa shape index (κ2) is 11.1. The van der Waals surface area contributed by atoms with Crippen molar-refractivity contribution in [2.75, 3.05) is 32.4 Å². The van der Waals surface area contributed by atoms with Crippen LogP contribution in [-0.2, 0) is 24.9 Å². The Morgan fingerprint density at radius 3 is 2.43 bits per heavy atom. The zero-order valence-corrected chi connectivity index (χ0v) is 17.0. The summed E-state index contributed by atoms with van der Waals surface area (Å²) in [5.41, 5.74) is 0. The van der Waals surface area contributed by atoms with Gasteiger partial charge in [-0.25, -0.2) is 13.1 Å². The number of carbonyl (C=O) groups is 1. The van der Waals surface area contributed by atoms with Gasteiger partial charge in [-0.2, -0.15) is 13.7 Å². The van der Waals surface area contributed by atoms with Gasteiger partial charge in [-0.1, -0.05) is 18.2 Å². The van der Waals surface area contributed by atoms with Crippen LogP contribution in [0.3, 0.4) is 0 Å². The van der Waals surface area contributed by atoms with Crippen molar-refractivity contribution < 1.29 is 26.2 Å². The molecule has 0 radical (unpaired) electrons. The van der Waals surface area contributed by atoms with E-state index in [0.29, 0.717) is 19.3 Å². The molecule has 12 heteroatoms. The highest BCUT2D eigenvalue weighted by Crippen LogP contribution is 2.15. The number of sulfonamides is 1. The summed E-state index contributed by atoms with van der Waals surface area (Å²) in [6, 6.07) is 9.90. The van der Waals surface area contributed by atoms with Gasteiger partial charge in [0, 0.05) is 19.6 Å². The lowest BCUT2D eigenvalue weighted by Crippen LogP contribution is -2.42. The van der Waals surface area contributed by atoms with Crippen LogP contribution in [0.25, 0.3) is 0 Å². The van der Waals surface area contributed by atoms with Crippen LogP contribution in [0.15, 0.2) is 35.2 Å². The van der Waals surface area contributed by atoms with Gasteiger partial charge < -0.3 is 10.2 Å². The van der Waals surface area contributed by atoms with Crippen LogP contribution in [0.5, 0.6) is 0 Å². The van der Waals surface area contributed by atoms with E-state index in [1.165, 1.54) is 12.1 Å². The standard InChI is InChI=1S/C15H20N4O3S.CH4O3S/c16-11-13-5-4-10-19(13)15(20)12-17-8-9-18-23(21,22)14-6-2-1-3-7-14;1-5(2,3)4/h1-3,6-7,13,17-18H,4-5,8-10,12H2;1H3,(H,2,3,4)/t13-;/m0./s1. The Bertz CT molecular complexity index is 873. The number of amides is 1. The van der Waals surface area contributed by atoms with Gasteiger partial charge in [0.1, 0.15) is 6.04 Å². The van der Waals surface area contributed by atoms with Gasteiger partial charge in [0.15, 0.2) is 0 Å². The third-order valence-electron chi connectivity index (χ3n) is 3.65. The molecule has 0 spiro atoms. The molecule has 156 valence electrons. The summed E-state index contributed by atoms with van der Waals surface area (Å²) in [6.07, 6.45) is 2.28. The first-order chi connectivity index (χ1) is 13.0. The minimum atomic E-state index is -3.67. The number of rotatable bonds is 7. The molecular weight excluding hydrogens is 408 g/mol. The van der Waals surface area contributed by atoms with Crippen molar-refractivity contribution in [2.24, 2.45) is 0 Å². The van der Waals surface area contributed by atoms with Crippen molar-refractivity contribution in [1.29, 1.82) is 5.26 Å². The van der Waals surface area contributed by atoms with Crippen molar-refractivity contribution >= 4 is 26.0 Å². The van der Waals surface area contributed by atoms with Gasteiger partial charge in [0.2, 0.25) is 15.9 Å². The van der Waals surface area contributed by atoms with E-state index >= 15 is 0 Å². The van der Waals surface area contributed by atoms with Gasteiger partial charge in [-0.15, -0.1) is 0 Å². The second-order valence-electron chi connectivity index (χ2n) is 5.99. The van der Waals surface area contributed by atoms with E-state index in [-0.39, 0.29) is 29.9 Å². The van der Waals surface area contributed by atoms with E-state index in [9.17, 15) is 21.6 Å². The van der Waals surface area contributed by atoms with Crippen LogP contribution in [0.1, 0.15) is 12.8 Å². The molecule has 1 saturated heterocycles. The average molecular weight is 433 g/mol. The molecule has 10 nitrogen and oxygen atoms in total. The zero-order valence-electron chi connectivity index (χ0n) is 15.4. The predicted molar refractivity (Wildman–Crippen MR) is 102 cm³/mol. The third kappa shape index (κ3) is 9.25. The van der Waals surface area contributed by atoms with Gasteiger partial charge in [0.05, 0.1) is 23.8 Å². The van der Waals surface area contributed by atoms with E-state index in [4.69, 9.17) is 9.81 Å². The highest BCUT2D eigenvalue weighted by molar-refractivity contribution is 7.89. The fourth-order valence-corrected chi connectivity index (χ4v) is 3.51. The molecule has 1 fully saturated rings. The number of nitriles is 1. The molecule has 1 aromatic carbocycles. The molecule has 1 heterocycles. The monoisotopic (exact) mass is 432 g/mol. The van der Waals surface area contributed by atoms with Crippen molar-refractivity contribution in [3.05, 3.63) is 30.3 Å². The molecule has 3 N–H and O–H groups in total. The van der Waals surface area contributed by atoms with Crippen LogP contribution >= 0.6 is 0 Å². The van der Waals surface area contributed by atoms with Crippen molar-refractivity contribution in [2.45, 2.75) is 23.8 Å². The normalized spacial score (nSPS) is 16.8. The quantitative estimate of drug-likeness (QED) is 0.387. The molecule has 1 aliphatic heterocycles. The van der Waals surface area contributed by atoms with Gasteiger partial charge >= 0.3 is 0 Å². The van der Waals surface area contributed by atoms with Crippen LogP contribution in [0.4, 0.5) is 0 Å². The van der Waals surface area contributed by atoms with Crippen molar-refractivity contribution in [1.82, 2.24) is 14.9 Å². The molecule has 0 unspecified atom stereocenters. The van der Waals surface area contributed by atoms with E-state index in [2.05, 4.69) is 16.1 Å². The number of nitrogens with zero attached hydrogens (tertiary/aromatic N) is 2. The first-order valence-corrected chi connectivity index (χ1v) is 11.7. The summed E-state index contributed by atoms with van der Waals surface area (Å²) in [5.74, 6) is -0.125. The lowest BCUT2D eigenvalue weighted by atomic mass is 10.2. The molecule has 1 aliphatic rings. The number of nitrogens with one attached hydrogen (secondary N) is 2. The van der Waals surface area contributed by atoms with E-state index < -0.39 is 20.1 Å². The van der Waals surface area contributed by atoms with E-state index in [1.807, 2.05) is 0 Å². The Morgan fingerprint density at radius 1 is 1.25 bits per heavy atom. The molecule has 2 rings (SSSR count). The molecule has 0 aliphatic carbocycles. The maximum atomic E-state index is 12.0. The molecule has 0 bridgehead atoms. The smallest absolute Gasteiger partial charge is 0.261 e. The number of likely N-dealkylation sites (tertiary alicyclic amines) is 1. The largest absolute Gasteiger partial charge is 0.326 e. The predicted octanol–water partition coefficient (Wildman–Crippen LogP) is -0.427. The summed E-state index contributed by atoms with van der Waals surface area (Å²) < 4.78 is 52.3. The van der Waals surface area contributed by atoms with E-state index in [1.54, 1.807) is 23.1 Å². The first kappa shape index (κ1) is 24.0. The van der Waals surface area contributed by atoms with Crippen molar-refractivity contribution in [3.63, 3.8) is 0 Å². The highest BCUT2D eigenvalue weighted by atomic mass is 32.2.